The minimum absolute atomic E-state index is 0.0449. The summed E-state index contributed by atoms with van der Waals surface area (Å²) in [5.74, 6) is -1.18. The predicted molar refractivity (Wildman–Crippen MR) is 146 cm³/mol. The Hall–Kier alpha value is -4.07. The van der Waals surface area contributed by atoms with Crippen molar-refractivity contribution in [3.05, 3.63) is 71.6 Å². The number of urea groups is 1. The molecule has 0 aliphatic heterocycles. The number of ketones is 1. The highest BCUT2D eigenvalue weighted by atomic mass is 32.2. The van der Waals surface area contributed by atoms with E-state index in [1.54, 1.807) is 26.0 Å². The van der Waals surface area contributed by atoms with Crippen molar-refractivity contribution in [3.8, 4) is 0 Å². The molecule has 2 rings (SSSR count). The molecule has 3 amide bonds. The zero-order valence-electron chi connectivity index (χ0n) is 22.2. The van der Waals surface area contributed by atoms with Crippen LogP contribution in [0.5, 0.6) is 0 Å². The van der Waals surface area contributed by atoms with E-state index in [-0.39, 0.29) is 28.7 Å². The van der Waals surface area contributed by atoms with E-state index in [4.69, 9.17) is 0 Å². The van der Waals surface area contributed by atoms with Gasteiger partial charge in [-0.05, 0) is 38.5 Å². The molecule has 2 aromatic rings. The third-order valence-electron chi connectivity index (χ3n) is 4.94. The summed E-state index contributed by atoms with van der Waals surface area (Å²) in [4.78, 5) is 43.4. The normalized spacial score (nSPS) is 13.1. The number of thioether (sulfide) groups is 1. The van der Waals surface area contributed by atoms with E-state index in [1.165, 1.54) is 17.8 Å². The molecule has 2 N–H and O–H groups in total. The van der Waals surface area contributed by atoms with Crippen LogP contribution in [-0.4, -0.2) is 43.3 Å². The van der Waals surface area contributed by atoms with Crippen LogP contribution in [0.15, 0.2) is 59.6 Å². The molecule has 2 aromatic heterocycles. The number of allylic oxidation sites excluding steroid dienone is 5. The number of hydrogen-bond acceptors (Lipinski definition) is 6. The fourth-order valence-corrected chi connectivity index (χ4v) is 3.71. The van der Waals surface area contributed by atoms with E-state index >= 15 is 0 Å². The van der Waals surface area contributed by atoms with E-state index in [2.05, 4.69) is 25.7 Å². The summed E-state index contributed by atoms with van der Waals surface area (Å²) in [7, 11) is 1.51. The van der Waals surface area contributed by atoms with E-state index in [9.17, 15) is 31.9 Å². The molecule has 14 heteroatoms. The first-order chi connectivity index (χ1) is 18.8. The lowest BCUT2D eigenvalue weighted by molar-refractivity contribution is -0.137. The van der Waals surface area contributed by atoms with E-state index in [0.29, 0.717) is 23.2 Å². The number of aromatic nitrogens is 3. The van der Waals surface area contributed by atoms with Gasteiger partial charge >= 0.3 is 12.2 Å². The highest BCUT2D eigenvalue weighted by molar-refractivity contribution is 8.14. The summed E-state index contributed by atoms with van der Waals surface area (Å²) >= 11 is 1.12. The van der Waals surface area contributed by atoms with E-state index in [0.717, 1.165) is 42.6 Å². The second kappa shape index (κ2) is 14.9. The Balaban J connectivity index is 2.11. The lowest BCUT2D eigenvalue weighted by Gasteiger charge is -2.07. The number of nitrogens with one attached hydrogen (secondary N) is 2. The Morgan fingerprint density at radius 1 is 1.20 bits per heavy atom. The molecular formula is C26H28F4N6O3S. The van der Waals surface area contributed by atoms with Gasteiger partial charge in [0.25, 0.3) is 5.91 Å². The fraction of sp³-hybridized carbons (Fsp3) is 0.308. The minimum Gasteiger partial charge on any atom is -0.310 e. The number of Topliss-reactive ketones (excluding diaryl/α,β-unsaturated/α-hetero) is 1. The number of anilines is 1. The van der Waals surface area contributed by atoms with Crippen LogP contribution in [0.3, 0.4) is 0 Å². The van der Waals surface area contributed by atoms with Crippen LogP contribution in [-0.2, 0) is 18.0 Å². The van der Waals surface area contributed by atoms with Crippen LogP contribution in [0.4, 0.5) is 28.2 Å². The van der Waals surface area contributed by atoms with Crippen molar-refractivity contribution >= 4 is 45.9 Å². The van der Waals surface area contributed by atoms with Gasteiger partial charge in [0, 0.05) is 37.5 Å². The summed E-state index contributed by atoms with van der Waals surface area (Å²) in [6.45, 7) is 5.15. The number of aryl methyl sites for hydroxylation is 1. The second-order valence-electron chi connectivity index (χ2n) is 8.21. The second-order valence-corrected chi connectivity index (χ2v) is 9.38. The smallest absolute Gasteiger partial charge is 0.310 e. The number of carbonyl (C=O) groups is 3. The van der Waals surface area contributed by atoms with Gasteiger partial charge in [0.15, 0.2) is 0 Å². The van der Waals surface area contributed by atoms with E-state index < -0.39 is 29.5 Å². The van der Waals surface area contributed by atoms with Crippen LogP contribution in [0, 0.1) is 0 Å². The zero-order valence-corrected chi connectivity index (χ0v) is 23.0. The summed E-state index contributed by atoms with van der Waals surface area (Å²) in [5, 5.41) is 9.30. The van der Waals surface area contributed by atoms with Crippen LogP contribution < -0.4 is 10.6 Å². The maximum absolute atomic E-state index is 14.6. The third kappa shape index (κ3) is 10.2. The Morgan fingerprint density at radius 2 is 1.93 bits per heavy atom. The Kier molecular flexibility index (Phi) is 12.0. The first kappa shape index (κ1) is 32.1. The first-order valence-electron chi connectivity index (χ1n) is 11.9. The molecule has 0 unspecified atom stereocenters. The van der Waals surface area contributed by atoms with Gasteiger partial charge in [-0.25, -0.2) is 9.18 Å². The first-order valence-corrected chi connectivity index (χ1v) is 12.9. The number of carbonyl (C=O) groups excluding carboxylic acids is 3. The van der Waals surface area contributed by atoms with Gasteiger partial charge < -0.3 is 10.6 Å². The molecule has 0 aromatic carbocycles. The van der Waals surface area contributed by atoms with Gasteiger partial charge in [-0.15, -0.1) is 11.8 Å². The van der Waals surface area contributed by atoms with Crippen molar-refractivity contribution < 1.29 is 31.9 Å². The number of nitrogens with zero attached hydrogens (tertiary/aromatic N) is 4. The molecule has 0 bridgehead atoms. The number of halogens is 4. The summed E-state index contributed by atoms with van der Waals surface area (Å²) in [5.41, 5.74) is -0.681. The average molecular weight is 581 g/mol. The summed E-state index contributed by atoms with van der Waals surface area (Å²) < 4.78 is 54.1. The van der Waals surface area contributed by atoms with Gasteiger partial charge in [-0.2, -0.15) is 23.3 Å². The standard InChI is InChI=1S/C26H28F4N6O3S/c1-5-7-17(11-19(27)14-32-25(39)33-16(3)40-15-20(37)8-6-2)22-12-23(36(4)35-22)34-24(38)21-10-9-18(13-31-21)26(28,29)30/h5,7,9-14H,6,8,15H2,1-4H3,(H,32,39)(H,34,38)/b7-5-,17-11+,19-14-,33-16-. The van der Waals surface area contributed by atoms with Crippen LogP contribution in [0.1, 0.15) is 55.4 Å². The van der Waals surface area contributed by atoms with Crippen molar-refractivity contribution in [1.29, 1.82) is 0 Å². The van der Waals surface area contributed by atoms with Crippen LogP contribution >= 0.6 is 11.8 Å². The van der Waals surface area contributed by atoms with Gasteiger partial charge in [0.2, 0.25) is 0 Å². The monoisotopic (exact) mass is 580 g/mol. The van der Waals surface area contributed by atoms with Gasteiger partial charge in [0.1, 0.15) is 23.1 Å². The number of aliphatic imine (C=N–C) groups is 1. The highest BCUT2D eigenvalue weighted by Crippen LogP contribution is 2.28. The van der Waals surface area contributed by atoms with Gasteiger partial charge in [-0.3, -0.25) is 19.3 Å². The molecule has 0 saturated heterocycles. The minimum atomic E-state index is -4.58. The fourth-order valence-electron chi connectivity index (χ4n) is 3.05. The maximum Gasteiger partial charge on any atom is 0.417 e. The number of hydrogen-bond donors (Lipinski definition) is 2. The Bertz CT molecular complexity index is 1350. The number of alkyl halides is 3. The molecule has 0 aliphatic rings. The summed E-state index contributed by atoms with van der Waals surface area (Å²) in [6.07, 6.45) is 2.25. The summed E-state index contributed by atoms with van der Waals surface area (Å²) in [6, 6.07) is 2.32. The van der Waals surface area contributed by atoms with Crippen molar-refractivity contribution in [1.82, 2.24) is 20.1 Å². The number of amides is 3. The van der Waals surface area contributed by atoms with Crippen molar-refractivity contribution in [2.45, 2.75) is 39.8 Å². The highest BCUT2D eigenvalue weighted by Gasteiger charge is 2.31. The molecule has 0 aliphatic carbocycles. The van der Waals surface area contributed by atoms with Crippen LogP contribution in [0.25, 0.3) is 5.57 Å². The lowest BCUT2D eigenvalue weighted by Crippen LogP contribution is -2.16. The molecule has 0 radical (unpaired) electrons. The molecule has 40 heavy (non-hydrogen) atoms. The van der Waals surface area contributed by atoms with Crippen LogP contribution in [0.2, 0.25) is 0 Å². The average Bonchev–Trinajstić information content (AvgIpc) is 3.25. The lowest BCUT2D eigenvalue weighted by atomic mass is 10.1. The quantitative estimate of drug-likeness (QED) is 0.152. The van der Waals surface area contributed by atoms with E-state index in [1.807, 2.05) is 6.92 Å². The Labute approximate surface area is 232 Å². The molecule has 0 atom stereocenters. The molecule has 2 heterocycles. The Morgan fingerprint density at radius 3 is 2.52 bits per heavy atom. The predicted octanol–water partition coefficient (Wildman–Crippen LogP) is 6.09. The SMILES string of the molecule is C\C=C/C(=C\C(F)=C\NC(=O)/N=C(/C)SCC(=O)CCC)c1cc(NC(=O)c2ccc(C(F)(F)F)cn2)n(C)n1. The van der Waals surface area contributed by atoms with Crippen molar-refractivity contribution in [2.75, 3.05) is 11.1 Å². The largest absolute Gasteiger partial charge is 0.417 e. The maximum atomic E-state index is 14.6. The van der Waals surface area contributed by atoms with Gasteiger partial charge in [-0.1, -0.05) is 19.1 Å². The molecule has 9 nitrogen and oxygen atoms in total. The number of pyridine rings is 1. The van der Waals surface area contributed by atoms with Crippen molar-refractivity contribution in [3.63, 3.8) is 0 Å². The zero-order chi connectivity index (χ0) is 29.9. The van der Waals surface area contributed by atoms with Crippen molar-refractivity contribution in [2.24, 2.45) is 12.0 Å². The molecule has 0 fully saturated rings. The molecular weight excluding hydrogens is 552 g/mol. The number of rotatable bonds is 10. The molecule has 0 spiro atoms. The van der Waals surface area contributed by atoms with Gasteiger partial charge in [0.05, 0.1) is 22.1 Å². The third-order valence-corrected chi connectivity index (χ3v) is 5.92. The topological polar surface area (TPSA) is 118 Å². The molecule has 214 valence electrons. The molecule has 0 saturated carbocycles.